The molecule has 0 aliphatic carbocycles. The van der Waals surface area contributed by atoms with Crippen LogP contribution in [0, 0.1) is 23.7 Å². The van der Waals surface area contributed by atoms with E-state index in [2.05, 4.69) is 55.4 Å². The minimum atomic E-state index is -4.95. The number of unbranched alkanes of at least 4 members (excludes halogenated alkanes) is 36. The third-order valence-corrected chi connectivity index (χ3v) is 18.7. The van der Waals surface area contributed by atoms with Gasteiger partial charge in [-0.15, -0.1) is 0 Å². The molecule has 0 aromatic rings. The van der Waals surface area contributed by atoms with Gasteiger partial charge in [0.15, 0.2) is 12.2 Å². The first-order valence-electron chi connectivity index (χ1n) is 37.7. The molecule has 0 amide bonds. The molecular formula is C73H142O17P2. The summed E-state index contributed by atoms with van der Waals surface area (Å²) in [4.78, 5) is 72.6. The molecule has 0 spiro atoms. The van der Waals surface area contributed by atoms with Crippen molar-refractivity contribution in [2.24, 2.45) is 23.7 Å². The second-order valence-electron chi connectivity index (χ2n) is 28.2. The third kappa shape index (κ3) is 66.7. The zero-order valence-corrected chi connectivity index (χ0v) is 62.0. The minimum absolute atomic E-state index is 0.106. The Morgan fingerprint density at radius 2 is 0.457 bits per heavy atom. The number of rotatable bonds is 70. The lowest BCUT2D eigenvalue weighted by atomic mass is 10.0. The van der Waals surface area contributed by atoms with Gasteiger partial charge in [0.2, 0.25) is 0 Å². The van der Waals surface area contributed by atoms with Gasteiger partial charge in [-0.3, -0.25) is 37.3 Å². The van der Waals surface area contributed by atoms with Crippen molar-refractivity contribution in [3.05, 3.63) is 0 Å². The summed E-state index contributed by atoms with van der Waals surface area (Å²) in [6.07, 6.45) is 46.1. The number of esters is 4. The lowest BCUT2D eigenvalue weighted by Gasteiger charge is -2.21. The number of aliphatic hydroxyl groups excluding tert-OH is 1. The molecule has 0 rings (SSSR count). The van der Waals surface area contributed by atoms with Crippen molar-refractivity contribution in [2.75, 3.05) is 39.6 Å². The highest BCUT2D eigenvalue weighted by Crippen LogP contribution is 2.45. The first-order valence-corrected chi connectivity index (χ1v) is 40.7. The second kappa shape index (κ2) is 62.6. The molecule has 0 heterocycles. The van der Waals surface area contributed by atoms with Crippen LogP contribution in [0.15, 0.2) is 0 Å². The smallest absolute Gasteiger partial charge is 0.462 e. The summed E-state index contributed by atoms with van der Waals surface area (Å²) in [6.45, 7) is 14.1. The van der Waals surface area contributed by atoms with Crippen LogP contribution in [0.2, 0.25) is 0 Å². The summed E-state index contributed by atoms with van der Waals surface area (Å²) in [7, 11) is -9.91. The molecule has 0 aromatic heterocycles. The standard InChI is InChI=1S/C73H142O17P2/c1-63(2)49-41-33-25-20-16-12-9-10-14-18-22-28-39-47-55-73(78)90-69(60-84-71(76)54-46-38-32-31-36-44-52-66(7)8)62-88-92(81,82)86-58-67(74)57-85-91(79,80)87-61-68(59-83-70(75)53-45-37-30-24-27-35-43-51-65(5)6)89-72(77)56-48-40-29-23-19-15-11-13-17-21-26-34-42-50-64(3)4/h63-69,74H,9-62H2,1-8H3,(H,79,80)(H,81,82)/t67-,68-,69-/m1/s1. The van der Waals surface area contributed by atoms with Crippen molar-refractivity contribution < 1.29 is 80.2 Å². The van der Waals surface area contributed by atoms with E-state index in [-0.39, 0.29) is 25.7 Å². The molecule has 92 heavy (non-hydrogen) atoms. The van der Waals surface area contributed by atoms with Gasteiger partial charge >= 0.3 is 39.5 Å². The molecule has 3 N–H and O–H groups in total. The van der Waals surface area contributed by atoms with Crippen molar-refractivity contribution in [1.29, 1.82) is 0 Å². The van der Waals surface area contributed by atoms with E-state index < -0.39 is 97.5 Å². The Morgan fingerprint density at radius 1 is 0.272 bits per heavy atom. The maximum Gasteiger partial charge on any atom is 0.472 e. The molecule has 19 heteroatoms. The Bertz CT molecular complexity index is 1820. The molecule has 0 radical (unpaired) electrons. The van der Waals surface area contributed by atoms with Crippen LogP contribution in [0.25, 0.3) is 0 Å². The maximum absolute atomic E-state index is 13.0. The molecule has 0 aliphatic rings. The number of phosphoric acid groups is 2. The van der Waals surface area contributed by atoms with Crippen LogP contribution in [0.3, 0.4) is 0 Å². The Morgan fingerprint density at radius 3 is 0.674 bits per heavy atom. The molecule has 5 atom stereocenters. The summed E-state index contributed by atoms with van der Waals surface area (Å²) in [5.41, 5.74) is 0. The summed E-state index contributed by atoms with van der Waals surface area (Å²) in [5, 5.41) is 10.6. The number of ether oxygens (including phenoxy) is 4. The summed E-state index contributed by atoms with van der Waals surface area (Å²) in [6, 6.07) is 0. The highest BCUT2D eigenvalue weighted by molar-refractivity contribution is 7.47. The first-order chi connectivity index (χ1) is 44.1. The number of hydrogen-bond donors (Lipinski definition) is 3. The van der Waals surface area contributed by atoms with E-state index >= 15 is 0 Å². The Kier molecular flexibility index (Phi) is 61.3. The van der Waals surface area contributed by atoms with Gasteiger partial charge in [0.05, 0.1) is 26.4 Å². The van der Waals surface area contributed by atoms with Crippen molar-refractivity contribution in [3.8, 4) is 0 Å². The Labute approximate surface area is 562 Å². The summed E-state index contributed by atoms with van der Waals surface area (Å²) >= 11 is 0. The van der Waals surface area contributed by atoms with Gasteiger partial charge < -0.3 is 33.8 Å². The van der Waals surface area contributed by atoms with Gasteiger partial charge in [0.25, 0.3) is 0 Å². The summed E-state index contributed by atoms with van der Waals surface area (Å²) < 4.78 is 68.4. The van der Waals surface area contributed by atoms with Crippen molar-refractivity contribution >= 4 is 39.5 Å². The molecule has 546 valence electrons. The average Bonchev–Trinajstić information content (AvgIpc) is 1.61. The molecule has 0 aromatic carbocycles. The molecule has 2 unspecified atom stereocenters. The van der Waals surface area contributed by atoms with Gasteiger partial charge in [-0.05, 0) is 49.4 Å². The monoisotopic (exact) mass is 1350 g/mol. The van der Waals surface area contributed by atoms with Gasteiger partial charge in [0, 0.05) is 25.7 Å². The molecule has 0 bridgehead atoms. The van der Waals surface area contributed by atoms with Crippen molar-refractivity contribution in [3.63, 3.8) is 0 Å². The molecule has 0 fully saturated rings. The Balaban J connectivity index is 5.21. The second-order valence-corrected chi connectivity index (χ2v) is 31.1. The van der Waals surface area contributed by atoms with Gasteiger partial charge in [-0.25, -0.2) is 9.13 Å². The normalized spacial score (nSPS) is 14.2. The predicted molar refractivity (Wildman–Crippen MR) is 372 cm³/mol. The largest absolute Gasteiger partial charge is 0.472 e. The molecule has 0 saturated carbocycles. The topological polar surface area (TPSA) is 237 Å². The van der Waals surface area contributed by atoms with E-state index in [9.17, 15) is 43.2 Å². The maximum atomic E-state index is 13.0. The van der Waals surface area contributed by atoms with Crippen molar-refractivity contribution in [1.82, 2.24) is 0 Å². The van der Waals surface area contributed by atoms with Crippen LogP contribution >= 0.6 is 15.6 Å². The van der Waals surface area contributed by atoms with Crippen LogP contribution in [-0.4, -0.2) is 96.7 Å². The van der Waals surface area contributed by atoms with Gasteiger partial charge in [0.1, 0.15) is 19.3 Å². The van der Waals surface area contributed by atoms with E-state index in [0.717, 1.165) is 115 Å². The predicted octanol–water partition coefficient (Wildman–Crippen LogP) is 20.9. The van der Waals surface area contributed by atoms with E-state index in [4.69, 9.17) is 37.0 Å². The van der Waals surface area contributed by atoms with E-state index in [1.807, 2.05) is 0 Å². The Hall–Kier alpha value is -1.94. The lowest BCUT2D eigenvalue weighted by Crippen LogP contribution is -2.30. The van der Waals surface area contributed by atoms with E-state index in [1.165, 1.54) is 154 Å². The fraction of sp³-hybridized carbons (Fsp3) is 0.945. The molecular weight excluding hydrogens is 1210 g/mol. The highest BCUT2D eigenvalue weighted by atomic mass is 31.2. The fourth-order valence-corrected chi connectivity index (χ4v) is 12.6. The van der Waals surface area contributed by atoms with Gasteiger partial charge in [-0.1, -0.05) is 312 Å². The molecule has 0 saturated heterocycles. The number of phosphoric ester groups is 2. The average molecular weight is 1350 g/mol. The lowest BCUT2D eigenvalue weighted by molar-refractivity contribution is -0.161. The number of hydrogen-bond acceptors (Lipinski definition) is 15. The van der Waals surface area contributed by atoms with Crippen LogP contribution in [-0.2, 0) is 65.4 Å². The number of carbonyl (C=O) groups is 4. The van der Waals surface area contributed by atoms with Crippen LogP contribution in [0.1, 0.15) is 364 Å². The quantitative estimate of drug-likeness (QED) is 0.0222. The highest BCUT2D eigenvalue weighted by Gasteiger charge is 2.30. The fourth-order valence-electron chi connectivity index (χ4n) is 11.0. The van der Waals surface area contributed by atoms with Crippen molar-refractivity contribution in [2.45, 2.75) is 382 Å². The molecule has 0 aliphatic heterocycles. The SMILES string of the molecule is CC(C)CCCCCCCCCCCCCCCCC(=O)O[C@H](COC(=O)CCCCCCCCC(C)C)COP(=O)(O)OC[C@H](O)COP(=O)(O)OC[C@@H](COC(=O)CCCCCCCCCC(C)C)OC(=O)CCCCCCCCCCCCCCCC(C)C. The first kappa shape index (κ1) is 90.1. The van der Waals surface area contributed by atoms with Crippen LogP contribution in [0.5, 0.6) is 0 Å². The van der Waals surface area contributed by atoms with Crippen LogP contribution in [0.4, 0.5) is 0 Å². The summed E-state index contributed by atoms with van der Waals surface area (Å²) in [5.74, 6) is 0.839. The van der Waals surface area contributed by atoms with E-state index in [0.29, 0.717) is 37.5 Å². The zero-order chi connectivity index (χ0) is 68.2. The number of carbonyl (C=O) groups excluding carboxylic acids is 4. The minimum Gasteiger partial charge on any atom is -0.462 e. The van der Waals surface area contributed by atoms with Crippen LogP contribution < -0.4 is 0 Å². The number of aliphatic hydroxyl groups is 1. The zero-order valence-electron chi connectivity index (χ0n) is 60.2. The van der Waals surface area contributed by atoms with E-state index in [1.54, 1.807) is 0 Å². The molecule has 17 nitrogen and oxygen atoms in total. The third-order valence-electron chi connectivity index (χ3n) is 16.8. The van der Waals surface area contributed by atoms with Gasteiger partial charge in [-0.2, -0.15) is 0 Å².